The first kappa shape index (κ1) is 13.4. The summed E-state index contributed by atoms with van der Waals surface area (Å²) in [6.07, 6.45) is 1.76. The van der Waals surface area contributed by atoms with Crippen molar-refractivity contribution in [3.05, 3.63) is 34.4 Å². The summed E-state index contributed by atoms with van der Waals surface area (Å²) in [5.74, 6) is -1.62. The summed E-state index contributed by atoms with van der Waals surface area (Å²) in [5.41, 5.74) is 6.49. The van der Waals surface area contributed by atoms with Gasteiger partial charge in [0.15, 0.2) is 11.6 Å². The van der Waals surface area contributed by atoms with E-state index in [4.69, 9.17) is 17.3 Å². The number of hydrogen-bond acceptors (Lipinski definition) is 1. The summed E-state index contributed by atoms with van der Waals surface area (Å²) in [7, 11) is 0. The van der Waals surface area contributed by atoms with Crippen LogP contribution >= 0.6 is 11.6 Å². The van der Waals surface area contributed by atoms with E-state index in [2.05, 4.69) is 0 Å². The van der Waals surface area contributed by atoms with E-state index in [1.54, 1.807) is 0 Å². The summed E-state index contributed by atoms with van der Waals surface area (Å²) in [6, 6.07) is 1.73. The molecule has 0 heterocycles. The minimum atomic E-state index is -0.939. The minimum Gasteiger partial charge on any atom is -0.324 e. The van der Waals surface area contributed by atoms with E-state index in [1.807, 2.05) is 13.8 Å². The lowest BCUT2D eigenvalue weighted by atomic mass is 9.89. The predicted octanol–water partition coefficient (Wildman–Crippen LogP) is 4.05. The standard InChI is InChI=1S/C12H16ClF2N/c1-3-7(4-2)12(16)8-5-10(14)11(15)6-9(8)13/h5-7,12H,3-4,16H2,1-2H3. The van der Waals surface area contributed by atoms with E-state index in [0.29, 0.717) is 5.56 Å². The van der Waals surface area contributed by atoms with Crippen molar-refractivity contribution in [2.24, 2.45) is 11.7 Å². The molecule has 0 aromatic heterocycles. The molecule has 0 spiro atoms. The SMILES string of the molecule is CCC(CC)C(N)c1cc(F)c(F)cc1Cl. The Balaban J connectivity index is 3.07. The average Bonchev–Trinajstić information content (AvgIpc) is 2.25. The normalized spacial score (nSPS) is 13.2. The second-order valence-corrected chi connectivity index (χ2v) is 4.30. The van der Waals surface area contributed by atoms with Crippen LogP contribution in [0.15, 0.2) is 12.1 Å². The Bertz CT molecular complexity index is 364. The first-order valence-electron chi connectivity index (χ1n) is 5.41. The van der Waals surface area contributed by atoms with Crippen LogP contribution in [0.2, 0.25) is 5.02 Å². The van der Waals surface area contributed by atoms with Gasteiger partial charge in [-0.3, -0.25) is 0 Å². The fraction of sp³-hybridized carbons (Fsp3) is 0.500. The van der Waals surface area contributed by atoms with Gasteiger partial charge in [-0.25, -0.2) is 8.78 Å². The van der Waals surface area contributed by atoms with Gasteiger partial charge in [0.1, 0.15) is 0 Å². The Labute approximate surface area is 99.6 Å². The van der Waals surface area contributed by atoms with E-state index in [-0.39, 0.29) is 17.0 Å². The highest BCUT2D eigenvalue weighted by atomic mass is 35.5. The van der Waals surface area contributed by atoms with Crippen LogP contribution in [-0.4, -0.2) is 0 Å². The Hall–Kier alpha value is -0.670. The fourth-order valence-corrected chi connectivity index (χ4v) is 2.12. The first-order valence-corrected chi connectivity index (χ1v) is 5.79. The van der Waals surface area contributed by atoms with Gasteiger partial charge >= 0.3 is 0 Å². The molecule has 4 heteroatoms. The third kappa shape index (κ3) is 2.71. The van der Waals surface area contributed by atoms with Crippen LogP contribution in [0.25, 0.3) is 0 Å². The van der Waals surface area contributed by atoms with E-state index in [1.165, 1.54) is 0 Å². The molecule has 1 aromatic rings. The molecule has 0 amide bonds. The van der Waals surface area contributed by atoms with Crippen molar-refractivity contribution in [1.82, 2.24) is 0 Å². The van der Waals surface area contributed by atoms with Crippen molar-refractivity contribution in [2.45, 2.75) is 32.7 Å². The highest BCUT2D eigenvalue weighted by Gasteiger charge is 2.20. The van der Waals surface area contributed by atoms with Crippen LogP contribution in [0.4, 0.5) is 8.78 Å². The van der Waals surface area contributed by atoms with Gasteiger partial charge in [0.2, 0.25) is 0 Å². The molecule has 1 aromatic carbocycles. The van der Waals surface area contributed by atoms with Crippen LogP contribution < -0.4 is 5.73 Å². The average molecular weight is 248 g/mol. The van der Waals surface area contributed by atoms with Gasteiger partial charge < -0.3 is 5.73 Å². The molecule has 1 atom stereocenters. The molecular weight excluding hydrogens is 232 g/mol. The van der Waals surface area contributed by atoms with Gasteiger partial charge in [-0.05, 0) is 23.6 Å². The number of nitrogens with two attached hydrogens (primary N) is 1. The number of hydrogen-bond donors (Lipinski definition) is 1. The van der Waals surface area contributed by atoms with Gasteiger partial charge in [0, 0.05) is 11.1 Å². The van der Waals surface area contributed by atoms with E-state index in [0.717, 1.165) is 25.0 Å². The largest absolute Gasteiger partial charge is 0.324 e. The molecule has 1 rings (SSSR count). The molecular formula is C12H16ClF2N. The molecule has 0 aliphatic carbocycles. The summed E-state index contributed by atoms with van der Waals surface area (Å²) in [5, 5.41) is 0.193. The van der Waals surface area contributed by atoms with Crippen LogP contribution in [-0.2, 0) is 0 Å². The maximum atomic E-state index is 13.1. The Kier molecular flexibility index (Phi) is 4.69. The second kappa shape index (κ2) is 5.60. The third-order valence-electron chi connectivity index (χ3n) is 2.96. The molecule has 0 radical (unpaired) electrons. The highest BCUT2D eigenvalue weighted by Crippen LogP contribution is 2.31. The lowest BCUT2D eigenvalue weighted by Crippen LogP contribution is -2.21. The molecule has 1 nitrogen and oxygen atoms in total. The zero-order valence-electron chi connectivity index (χ0n) is 9.43. The van der Waals surface area contributed by atoms with Crippen LogP contribution in [0.3, 0.4) is 0 Å². The zero-order valence-corrected chi connectivity index (χ0v) is 10.2. The summed E-state index contributed by atoms with van der Waals surface area (Å²) in [4.78, 5) is 0. The summed E-state index contributed by atoms with van der Waals surface area (Å²) >= 11 is 5.87. The van der Waals surface area contributed by atoms with Crippen molar-refractivity contribution in [1.29, 1.82) is 0 Å². The second-order valence-electron chi connectivity index (χ2n) is 3.89. The molecule has 16 heavy (non-hydrogen) atoms. The van der Waals surface area contributed by atoms with Crippen molar-refractivity contribution >= 4 is 11.6 Å². The number of rotatable bonds is 4. The monoisotopic (exact) mass is 247 g/mol. The smallest absolute Gasteiger partial charge is 0.160 e. The van der Waals surface area contributed by atoms with Crippen LogP contribution in [0.1, 0.15) is 38.3 Å². The molecule has 2 N–H and O–H groups in total. The predicted molar refractivity (Wildman–Crippen MR) is 62.4 cm³/mol. The number of halogens is 3. The van der Waals surface area contributed by atoms with Crippen molar-refractivity contribution in [3.63, 3.8) is 0 Å². The maximum Gasteiger partial charge on any atom is 0.160 e. The summed E-state index contributed by atoms with van der Waals surface area (Å²) < 4.78 is 26.0. The van der Waals surface area contributed by atoms with Crippen molar-refractivity contribution in [3.8, 4) is 0 Å². The molecule has 90 valence electrons. The maximum absolute atomic E-state index is 13.1. The van der Waals surface area contributed by atoms with Crippen molar-refractivity contribution < 1.29 is 8.78 Å². The summed E-state index contributed by atoms with van der Waals surface area (Å²) in [6.45, 7) is 4.03. The topological polar surface area (TPSA) is 26.0 Å². The number of benzene rings is 1. The third-order valence-corrected chi connectivity index (χ3v) is 3.28. The molecule has 0 bridgehead atoms. The van der Waals surface area contributed by atoms with Crippen molar-refractivity contribution in [2.75, 3.05) is 0 Å². The Morgan fingerprint density at radius 3 is 2.19 bits per heavy atom. The van der Waals surface area contributed by atoms with Gasteiger partial charge in [-0.2, -0.15) is 0 Å². The first-order chi connectivity index (χ1) is 7.51. The van der Waals surface area contributed by atoms with Crippen LogP contribution in [0.5, 0.6) is 0 Å². The quantitative estimate of drug-likeness (QED) is 0.798. The molecule has 0 saturated heterocycles. The van der Waals surface area contributed by atoms with E-state index < -0.39 is 11.6 Å². The Morgan fingerprint density at radius 2 is 1.69 bits per heavy atom. The zero-order chi connectivity index (χ0) is 12.3. The molecule has 0 aliphatic rings. The van der Waals surface area contributed by atoms with Gasteiger partial charge in [0.05, 0.1) is 0 Å². The molecule has 1 unspecified atom stereocenters. The lowest BCUT2D eigenvalue weighted by molar-refractivity contribution is 0.402. The fourth-order valence-electron chi connectivity index (χ4n) is 1.84. The van der Waals surface area contributed by atoms with E-state index in [9.17, 15) is 8.78 Å². The molecule has 0 fully saturated rings. The lowest BCUT2D eigenvalue weighted by Gasteiger charge is -2.22. The Morgan fingerprint density at radius 1 is 1.19 bits per heavy atom. The van der Waals surface area contributed by atoms with Crippen LogP contribution in [0, 0.1) is 17.6 Å². The van der Waals surface area contributed by atoms with Gasteiger partial charge in [-0.15, -0.1) is 0 Å². The molecule has 0 aliphatic heterocycles. The van der Waals surface area contributed by atoms with E-state index >= 15 is 0 Å². The van der Waals surface area contributed by atoms with Gasteiger partial charge in [0.25, 0.3) is 0 Å². The molecule has 0 saturated carbocycles. The minimum absolute atomic E-state index is 0.193. The van der Waals surface area contributed by atoms with Gasteiger partial charge in [-0.1, -0.05) is 38.3 Å². The highest BCUT2D eigenvalue weighted by molar-refractivity contribution is 6.31.